The fraction of sp³-hybridized carbons (Fsp3) is 0.250. The third-order valence-electron chi connectivity index (χ3n) is 3.62. The summed E-state index contributed by atoms with van der Waals surface area (Å²) in [6, 6.07) is 9.13. The Bertz CT molecular complexity index is 920. The number of hydrogen-bond acceptors (Lipinski definition) is 6. The lowest BCUT2D eigenvalue weighted by Crippen LogP contribution is -2.11. The predicted octanol–water partition coefficient (Wildman–Crippen LogP) is 3.14. The maximum atomic E-state index is 12.2. The van der Waals surface area contributed by atoms with Crippen LogP contribution in [0.15, 0.2) is 46.9 Å². The highest BCUT2D eigenvalue weighted by Crippen LogP contribution is 2.25. The third kappa shape index (κ3) is 3.35. The van der Waals surface area contributed by atoms with Gasteiger partial charge >= 0.3 is 0 Å². The molecule has 0 radical (unpaired) electrons. The monoisotopic (exact) mass is 347 g/mol. The van der Waals surface area contributed by atoms with Crippen LogP contribution in [0.3, 0.4) is 0 Å². The van der Waals surface area contributed by atoms with Gasteiger partial charge in [-0.3, -0.25) is 0 Å². The van der Waals surface area contributed by atoms with Crippen molar-refractivity contribution in [1.29, 1.82) is 0 Å². The fourth-order valence-electron chi connectivity index (χ4n) is 2.40. The van der Waals surface area contributed by atoms with Gasteiger partial charge in [-0.25, -0.2) is 18.4 Å². The zero-order chi connectivity index (χ0) is 16.3. The predicted molar refractivity (Wildman–Crippen MR) is 93.8 cm³/mol. The minimum Gasteiger partial charge on any atom is -0.368 e. The summed E-state index contributed by atoms with van der Waals surface area (Å²) in [5.41, 5.74) is 1.75. The van der Waals surface area contributed by atoms with E-state index in [1.54, 1.807) is 30.4 Å². The molecule has 0 unspecified atom stereocenters. The first-order chi connectivity index (χ1) is 11.1. The minimum absolute atomic E-state index is 0.110. The number of rotatable bonds is 6. The van der Waals surface area contributed by atoms with Crippen LogP contribution in [0.4, 0.5) is 5.82 Å². The van der Waals surface area contributed by atoms with Crippen molar-refractivity contribution in [2.24, 2.45) is 0 Å². The van der Waals surface area contributed by atoms with Gasteiger partial charge in [-0.05, 0) is 29.5 Å². The van der Waals surface area contributed by atoms with E-state index in [0.717, 1.165) is 21.6 Å². The molecule has 0 amide bonds. The average Bonchev–Trinajstić information content (AvgIpc) is 3.05. The van der Waals surface area contributed by atoms with Crippen molar-refractivity contribution in [3.05, 3.63) is 47.6 Å². The van der Waals surface area contributed by atoms with E-state index in [4.69, 9.17) is 0 Å². The summed E-state index contributed by atoms with van der Waals surface area (Å²) in [4.78, 5) is 8.90. The fourth-order valence-corrected chi connectivity index (χ4v) is 4.38. The van der Waals surface area contributed by atoms with E-state index in [1.807, 2.05) is 23.6 Å². The summed E-state index contributed by atoms with van der Waals surface area (Å²) < 4.78 is 25.3. The number of sulfone groups is 1. The van der Waals surface area contributed by atoms with Crippen molar-refractivity contribution < 1.29 is 8.42 Å². The van der Waals surface area contributed by atoms with Crippen molar-refractivity contribution in [1.82, 2.24) is 9.97 Å². The van der Waals surface area contributed by atoms with Crippen molar-refractivity contribution in [2.45, 2.75) is 18.2 Å². The van der Waals surface area contributed by atoms with Crippen molar-refractivity contribution in [2.75, 3.05) is 17.6 Å². The van der Waals surface area contributed by atoms with Crippen LogP contribution in [-0.4, -0.2) is 30.7 Å². The van der Waals surface area contributed by atoms with Gasteiger partial charge in [0.2, 0.25) is 0 Å². The SMILES string of the molecule is CCS(=O)(=O)c1ccccc1CCNc1ncnc2ccsc12. The van der Waals surface area contributed by atoms with Crippen LogP contribution < -0.4 is 5.32 Å². The number of anilines is 1. The van der Waals surface area contributed by atoms with Crippen molar-refractivity contribution in [3.8, 4) is 0 Å². The number of hydrogen-bond donors (Lipinski definition) is 1. The number of thiophene rings is 1. The Morgan fingerprint density at radius 3 is 2.83 bits per heavy atom. The first-order valence-corrected chi connectivity index (χ1v) is 9.88. The lowest BCUT2D eigenvalue weighted by atomic mass is 10.1. The van der Waals surface area contributed by atoms with Gasteiger partial charge in [0.15, 0.2) is 9.84 Å². The van der Waals surface area contributed by atoms with Crippen LogP contribution in [0, 0.1) is 0 Å². The van der Waals surface area contributed by atoms with Crippen LogP contribution in [0.25, 0.3) is 10.2 Å². The van der Waals surface area contributed by atoms with E-state index >= 15 is 0 Å². The Morgan fingerprint density at radius 2 is 2.00 bits per heavy atom. The Labute approximate surface area is 139 Å². The highest BCUT2D eigenvalue weighted by molar-refractivity contribution is 7.91. The number of aromatic nitrogens is 2. The van der Waals surface area contributed by atoms with Gasteiger partial charge in [-0.15, -0.1) is 11.3 Å². The maximum absolute atomic E-state index is 12.2. The first-order valence-electron chi connectivity index (χ1n) is 7.34. The summed E-state index contributed by atoms with van der Waals surface area (Å²) in [6.07, 6.45) is 2.15. The molecule has 23 heavy (non-hydrogen) atoms. The highest BCUT2D eigenvalue weighted by atomic mass is 32.2. The van der Waals surface area contributed by atoms with Gasteiger partial charge in [0, 0.05) is 6.54 Å². The van der Waals surface area contributed by atoms with Crippen LogP contribution >= 0.6 is 11.3 Å². The Balaban J connectivity index is 1.76. The lowest BCUT2D eigenvalue weighted by Gasteiger charge is -2.10. The molecule has 5 nitrogen and oxygen atoms in total. The molecule has 3 rings (SSSR count). The van der Waals surface area contributed by atoms with Gasteiger partial charge in [0.25, 0.3) is 0 Å². The zero-order valence-electron chi connectivity index (χ0n) is 12.7. The molecule has 0 bridgehead atoms. The van der Waals surface area contributed by atoms with Gasteiger partial charge in [0.05, 0.1) is 20.9 Å². The normalized spacial score (nSPS) is 11.7. The number of fused-ring (bicyclic) bond motifs is 1. The average molecular weight is 347 g/mol. The molecule has 0 saturated carbocycles. The molecular weight excluding hydrogens is 330 g/mol. The second-order valence-corrected chi connectivity index (χ2v) is 8.21. The Kier molecular flexibility index (Phi) is 4.58. The molecule has 120 valence electrons. The second-order valence-electron chi connectivity index (χ2n) is 5.05. The third-order valence-corrected chi connectivity index (χ3v) is 6.36. The van der Waals surface area contributed by atoms with Crippen LogP contribution in [0.5, 0.6) is 0 Å². The molecular formula is C16H17N3O2S2. The summed E-state index contributed by atoms with van der Waals surface area (Å²) in [6.45, 7) is 2.28. The molecule has 0 aliphatic heterocycles. The van der Waals surface area contributed by atoms with Crippen molar-refractivity contribution >= 4 is 37.2 Å². The van der Waals surface area contributed by atoms with Crippen LogP contribution in [-0.2, 0) is 16.3 Å². The number of nitrogens with zero attached hydrogens (tertiary/aromatic N) is 2. The topological polar surface area (TPSA) is 72.0 Å². The largest absolute Gasteiger partial charge is 0.368 e. The Morgan fingerprint density at radius 1 is 1.17 bits per heavy atom. The molecule has 1 aromatic carbocycles. The van der Waals surface area contributed by atoms with Crippen molar-refractivity contribution in [3.63, 3.8) is 0 Å². The van der Waals surface area contributed by atoms with Gasteiger partial charge in [-0.2, -0.15) is 0 Å². The van der Waals surface area contributed by atoms with E-state index in [9.17, 15) is 8.42 Å². The first kappa shape index (κ1) is 15.9. The van der Waals surface area contributed by atoms with E-state index in [-0.39, 0.29) is 5.75 Å². The van der Waals surface area contributed by atoms with Crippen LogP contribution in [0.1, 0.15) is 12.5 Å². The van der Waals surface area contributed by atoms with E-state index in [2.05, 4.69) is 15.3 Å². The van der Waals surface area contributed by atoms with Gasteiger partial charge < -0.3 is 5.32 Å². The standard InChI is InChI=1S/C16H17N3O2S2/c1-2-23(20,21)14-6-4-3-5-12(14)7-9-17-16-15-13(8-10-22-15)18-11-19-16/h3-6,8,10-11H,2,7,9H2,1H3,(H,17,18,19). The van der Waals surface area contributed by atoms with Gasteiger partial charge in [-0.1, -0.05) is 25.1 Å². The van der Waals surface area contributed by atoms with E-state index in [0.29, 0.717) is 17.9 Å². The highest BCUT2D eigenvalue weighted by Gasteiger charge is 2.15. The summed E-state index contributed by atoms with van der Waals surface area (Å²) in [5.74, 6) is 0.903. The maximum Gasteiger partial charge on any atom is 0.178 e. The number of nitrogens with one attached hydrogen (secondary N) is 1. The molecule has 2 heterocycles. The minimum atomic E-state index is -3.20. The quantitative estimate of drug-likeness (QED) is 0.742. The molecule has 1 N–H and O–H groups in total. The van der Waals surface area contributed by atoms with Gasteiger partial charge in [0.1, 0.15) is 12.1 Å². The summed E-state index contributed by atoms with van der Waals surface area (Å²) in [5, 5.41) is 5.26. The zero-order valence-corrected chi connectivity index (χ0v) is 14.3. The summed E-state index contributed by atoms with van der Waals surface area (Å²) in [7, 11) is -3.20. The van der Waals surface area contributed by atoms with E-state index < -0.39 is 9.84 Å². The molecule has 0 aliphatic carbocycles. The Hall–Kier alpha value is -1.99. The molecule has 0 atom stereocenters. The molecule has 0 saturated heterocycles. The lowest BCUT2D eigenvalue weighted by molar-refractivity contribution is 0.596. The molecule has 3 aromatic rings. The molecule has 0 aliphatic rings. The molecule has 7 heteroatoms. The second kappa shape index (κ2) is 6.64. The molecule has 0 fully saturated rings. The number of benzene rings is 1. The summed E-state index contributed by atoms with van der Waals surface area (Å²) >= 11 is 1.59. The van der Waals surface area contributed by atoms with Crippen LogP contribution in [0.2, 0.25) is 0 Å². The van der Waals surface area contributed by atoms with E-state index in [1.165, 1.54) is 6.33 Å². The molecule has 2 aromatic heterocycles. The molecule has 0 spiro atoms. The smallest absolute Gasteiger partial charge is 0.178 e.